The second-order valence-electron chi connectivity index (χ2n) is 8.62. The van der Waals surface area contributed by atoms with Crippen molar-refractivity contribution in [3.63, 3.8) is 0 Å². The molecule has 1 amide bonds. The first-order valence-electron chi connectivity index (χ1n) is 11.9. The number of unbranched alkanes of at least 4 members (excludes halogenated alkanes) is 1. The number of benzene rings is 1. The lowest BCUT2D eigenvalue weighted by atomic mass is 9.89. The second kappa shape index (κ2) is 11.7. The third kappa shape index (κ3) is 5.59. The van der Waals surface area contributed by atoms with Crippen LogP contribution in [0.4, 0.5) is 0 Å². The van der Waals surface area contributed by atoms with Gasteiger partial charge in [-0.2, -0.15) is 0 Å². The normalized spacial score (nSPS) is 13.3. The van der Waals surface area contributed by atoms with Crippen molar-refractivity contribution in [1.29, 1.82) is 0 Å². The summed E-state index contributed by atoms with van der Waals surface area (Å²) in [5.74, 6) is -0.693. The molecular formula is C27H34N4O3. The van der Waals surface area contributed by atoms with Gasteiger partial charge in [0.15, 0.2) is 0 Å². The van der Waals surface area contributed by atoms with Crippen LogP contribution in [0.5, 0.6) is 0 Å². The van der Waals surface area contributed by atoms with Crippen LogP contribution in [0.15, 0.2) is 60.1 Å². The highest BCUT2D eigenvalue weighted by Gasteiger charge is 2.38. The molecule has 0 spiro atoms. The predicted molar refractivity (Wildman–Crippen MR) is 132 cm³/mol. The molecule has 0 atom stereocenters. The molecule has 0 fully saturated rings. The molecule has 0 N–H and O–H groups in total. The number of nitrogens with zero attached hydrogens (tertiary/aromatic N) is 4. The van der Waals surface area contributed by atoms with Crippen LogP contribution in [-0.4, -0.2) is 77.4 Å². The standard InChI is InChI=1S/C27H34N4O3/c1-5-7-17-30(4)24-25(27(34)22-14-9-8-13-21(22)26(24)33)31(6-2)23(32)19-29(3)18-15-20-12-10-11-16-28-20/h8-14,16H,5-7,15,17-19H2,1-4H3. The molecule has 180 valence electrons. The lowest BCUT2D eigenvalue weighted by molar-refractivity contribution is -0.130. The molecule has 0 bridgehead atoms. The minimum Gasteiger partial charge on any atom is -0.370 e. The molecule has 0 saturated heterocycles. The molecule has 0 aliphatic heterocycles. The second-order valence-corrected chi connectivity index (χ2v) is 8.62. The molecule has 0 radical (unpaired) electrons. The lowest BCUT2D eigenvalue weighted by Gasteiger charge is -2.34. The fourth-order valence-electron chi connectivity index (χ4n) is 4.17. The van der Waals surface area contributed by atoms with Crippen molar-refractivity contribution in [3.05, 3.63) is 76.9 Å². The number of carbonyl (C=O) groups excluding carboxylic acids is 3. The zero-order chi connectivity index (χ0) is 24.7. The zero-order valence-electron chi connectivity index (χ0n) is 20.6. The fourth-order valence-corrected chi connectivity index (χ4v) is 4.17. The molecule has 1 heterocycles. The molecule has 7 nitrogen and oxygen atoms in total. The highest BCUT2D eigenvalue weighted by atomic mass is 16.2. The van der Waals surface area contributed by atoms with Crippen molar-refractivity contribution >= 4 is 17.5 Å². The van der Waals surface area contributed by atoms with Gasteiger partial charge in [0.1, 0.15) is 11.4 Å². The number of likely N-dealkylation sites (N-methyl/N-ethyl adjacent to an activating group) is 3. The number of hydrogen-bond donors (Lipinski definition) is 0. The molecule has 0 unspecified atom stereocenters. The van der Waals surface area contributed by atoms with Gasteiger partial charge in [0.05, 0.1) is 6.54 Å². The van der Waals surface area contributed by atoms with Gasteiger partial charge in [-0.3, -0.25) is 24.3 Å². The van der Waals surface area contributed by atoms with Crippen LogP contribution < -0.4 is 0 Å². The predicted octanol–water partition coefficient (Wildman–Crippen LogP) is 3.43. The van der Waals surface area contributed by atoms with Gasteiger partial charge < -0.3 is 9.80 Å². The van der Waals surface area contributed by atoms with Crippen LogP contribution in [-0.2, 0) is 11.2 Å². The zero-order valence-corrected chi connectivity index (χ0v) is 20.6. The number of amides is 1. The van der Waals surface area contributed by atoms with Gasteiger partial charge >= 0.3 is 0 Å². The summed E-state index contributed by atoms with van der Waals surface area (Å²) in [4.78, 5) is 50.0. The summed E-state index contributed by atoms with van der Waals surface area (Å²) in [5, 5.41) is 0. The quantitative estimate of drug-likeness (QED) is 0.509. The molecule has 2 aromatic rings. The van der Waals surface area contributed by atoms with Gasteiger partial charge in [0.2, 0.25) is 17.5 Å². The van der Waals surface area contributed by atoms with E-state index in [2.05, 4.69) is 11.9 Å². The molecule has 1 aliphatic rings. The first-order chi connectivity index (χ1) is 16.4. The van der Waals surface area contributed by atoms with Crippen LogP contribution in [0.2, 0.25) is 0 Å². The molecule has 34 heavy (non-hydrogen) atoms. The Balaban J connectivity index is 1.88. The third-order valence-corrected chi connectivity index (χ3v) is 6.07. The largest absolute Gasteiger partial charge is 0.370 e. The fraction of sp³-hybridized carbons (Fsp3) is 0.407. The molecular weight excluding hydrogens is 428 g/mol. The molecule has 7 heteroatoms. The number of pyridine rings is 1. The highest BCUT2D eigenvalue weighted by Crippen LogP contribution is 2.30. The average molecular weight is 463 g/mol. The number of Topliss-reactive ketones (excluding diaryl/α,β-unsaturated/α-hetero) is 2. The van der Waals surface area contributed by atoms with Gasteiger partial charge in [0.25, 0.3) is 0 Å². The van der Waals surface area contributed by atoms with Gasteiger partial charge in [-0.1, -0.05) is 43.7 Å². The summed E-state index contributed by atoms with van der Waals surface area (Å²) in [7, 11) is 3.70. The van der Waals surface area contributed by atoms with Crippen LogP contribution in [0, 0.1) is 0 Å². The van der Waals surface area contributed by atoms with E-state index in [4.69, 9.17) is 0 Å². The first-order valence-corrected chi connectivity index (χ1v) is 11.9. The van der Waals surface area contributed by atoms with E-state index in [9.17, 15) is 14.4 Å². The number of allylic oxidation sites excluding steroid dienone is 2. The Morgan fingerprint density at radius 3 is 2.12 bits per heavy atom. The summed E-state index contributed by atoms with van der Waals surface area (Å²) in [5.41, 5.74) is 2.20. The Kier molecular flexibility index (Phi) is 8.71. The minimum absolute atomic E-state index is 0.138. The topological polar surface area (TPSA) is 73.8 Å². The Morgan fingerprint density at radius 2 is 1.53 bits per heavy atom. The number of aromatic nitrogens is 1. The minimum atomic E-state index is -0.278. The van der Waals surface area contributed by atoms with E-state index in [1.165, 1.54) is 4.90 Å². The molecule has 1 aromatic heterocycles. The van der Waals surface area contributed by atoms with Crippen LogP contribution in [0.3, 0.4) is 0 Å². The Labute approximate surface area is 202 Å². The summed E-state index contributed by atoms with van der Waals surface area (Å²) in [6, 6.07) is 12.6. The van der Waals surface area contributed by atoms with Crippen LogP contribution >= 0.6 is 0 Å². The maximum Gasteiger partial charge on any atom is 0.241 e. The Morgan fingerprint density at radius 1 is 0.882 bits per heavy atom. The average Bonchev–Trinajstić information content (AvgIpc) is 2.85. The van der Waals surface area contributed by atoms with Crippen molar-refractivity contribution in [2.75, 3.05) is 40.3 Å². The van der Waals surface area contributed by atoms with E-state index < -0.39 is 0 Å². The van der Waals surface area contributed by atoms with Crippen LogP contribution in [0.25, 0.3) is 0 Å². The Hall–Kier alpha value is -3.32. The first kappa shape index (κ1) is 25.3. The summed E-state index contributed by atoms with van der Waals surface area (Å²) in [6.45, 7) is 5.63. The number of ketones is 2. The van der Waals surface area contributed by atoms with Crippen molar-refractivity contribution < 1.29 is 14.4 Å². The van der Waals surface area contributed by atoms with Crippen LogP contribution in [0.1, 0.15) is 53.1 Å². The highest BCUT2D eigenvalue weighted by molar-refractivity contribution is 6.27. The molecule has 3 rings (SSSR count). The lowest BCUT2D eigenvalue weighted by Crippen LogP contribution is -2.45. The van der Waals surface area contributed by atoms with Gasteiger partial charge in [0, 0.05) is 56.1 Å². The van der Waals surface area contributed by atoms with E-state index in [0.29, 0.717) is 36.5 Å². The maximum atomic E-state index is 13.6. The molecule has 1 aliphatic carbocycles. The SMILES string of the molecule is CCCCN(C)C1=C(N(CC)C(=O)CN(C)CCc2ccccn2)C(=O)c2ccccc2C1=O. The van der Waals surface area contributed by atoms with Crippen molar-refractivity contribution in [3.8, 4) is 0 Å². The number of hydrogen-bond acceptors (Lipinski definition) is 6. The number of fused-ring (bicyclic) bond motifs is 1. The summed E-state index contributed by atoms with van der Waals surface area (Å²) in [6.07, 6.45) is 4.32. The van der Waals surface area contributed by atoms with E-state index >= 15 is 0 Å². The molecule has 1 aromatic carbocycles. The number of rotatable bonds is 11. The third-order valence-electron chi connectivity index (χ3n) is 6.07. The van der Waals surface area contributed by atoms with Crippen molar-refractivity contribution in [2.45, 2.75) is 33.1 Å². The van der Waals surface area contributed by atoms with Gasteiger partial charge in [-0.05, 0) is 32.5 Å². The van der Waals surface area contributed by atoms with Crippen molar-refractivity contribution in [2.24, 2.45) is 0 Å². The van der Waals surface area contributed by atoms with Gasteiger partial charge in [-0.25, -0.2) is 0 Å². The van der Waals surface area contributed by atoms with Gasteiger partial charge in [-0.15, -0.1) is 0 Å². The molecule has 0 saturated carbocycles. The summed E-state index contributed by atoms with van der Waals surface area (Å²) >= 11 is 0. The van der Waals surface area contributed by atoms with E-state index in [0.717, 1.165) is 25.0 Å². The summed E-state index contributed by atoms with van der Waals surface area (Å²) < 4.78 is 0. The maximum absolute atomic E-state index is 13.6. The van der Waals surface area contributed by atoms with E-state index in [1.807, 2.05) is 49.0 Å². The van der Waals surface area contributed by atoms with Crippen molar-refractivity contribution in [1.82, 2.24) is 19.7 Å². The van der Waals surface area contributed by atoms with E-state index in [-0.39, 0.29) is 29.7 Å². The smallest absolute Gasteiger partial charge is 0.241 e. The van der Waals surface area contributed by atoms with E-state index in [1.54, 1.807) is 30.5 Å². The Bertz CT molecular complexity index is 1060. The number of carbonyl (C=O) groups is 3. The monoisotopic (exact) mass is 462 g/mol.